The first-order valence-electron chi connectivity index (χ1n) is 5.45. The van der Waals surface area contributed by atoms with Crippen LogP contribution in [0, 0.1) is 11.3 Å². The first-order chi connectivity index (χ1) is 8.33. The zero-order valence-electron chi connectivity index (χ0n) is 9.59. The third-order valence-electron chi connectivity index (χ3n) is 2.37. The predicted molar refractivity (Wildman–Crippen MR) is 63.5 cm³/mol. The van der Waals surface area contributed by atoms with E-state index in [9.17, 15) is 0 Å². The first kappa shape index (κ1) is 11.3. The van der Waals surface area contributed by atoms with Gasteiger partial charge < -0.3 is 5.32 Å². The van der Waals surface area contributed by atoms with Gasteiger partial charge in [0.2, 0.25) is 0 Å². The van der Waals surface area contributed by atoms with Crippen LogP contribution in [0.5, 0.6) is 0 Å². The number of benzene rings is 1. The van der Waals surface area contributed by atoms with Gasteiger partial charge in [-0.3, -0.25) is 0 Å². The molecule has 0 amide bonds. The Balaban J connectivity index is 2.15. The van der Waals surface area contributed by atoms with Gasteiger partial charge in [-0.1, -0.05) is 19.1 Å². The molecule has 1 N–H and O–H groups in total. The molecule has 2 aromatic rings. The van der Waals surface area contributed by atoms with E-state index in [1.54, 1.807) is 4.68 Å². The van der Waals surface area contributed by atoms with Crippen molar-refractivity contribution in [3.8, 4) is 11.8 Å². The molecule has 0 saturated carbocycles. The van der Waals surface area contributed by atoms with Gasteiger partial charge in [-0.05, 0) is 24.2 Å². The Labute approximate surface area is 99.7 Å². The van der Waals surface area contributed by atoms with Crippen molar-refractivity contribution in [2.45, 2.75) is 13.5 Å². The quantitative estimate of drug-likeness (QED) is 0.853. The Kier molecular flexibility index (Phi) is 3.48. The van der Waals surface area contributed by atoms with Crippen molar-refractivity contribution >= 4 is 0 Å². The van der Waals surface area contributed by atoms with Crippen LogP contribution in [0.15, 0.2) is 30.6 Å². The Morgan fingerprint density at radius 1 is 1.35 bits per heavy atom. The van der Waals surface area contributed by atoms with Crippen LogP contribution in [0.3, 0.4) is 0 Å². The lowest BCUT2D eigenvalue weighted by Crippen LogP contribution is -2.11. The van der Waals surface area contributed by atoms with E-state index in [2.05, 4.69) is 22.3 Å². The van der Waals surface area contributed by atoms with Crippen molar-refractivity contribution in [3.63, 3.8) is 0 Å². The molecule has 86 valence electrons. The van der Waals surface area contributed by atoms with Crippen molar-refractivity contribution in [3.05, 3.63) is 42.0 Å². The highest BCUT2D eigenvalue weighted by Crippen LogP contribution is 2.08. The molecule has 0 spiro atoms. The molecule has 0 unspecified atom stereocenters. The van der Waals surface area contributed by atoms with Gasteiger partial charge in [-0.25, -0.2) is 9.67 Å². The molecule has 0 saturated heterocycles. The van der Waals surface area contributed by atoms with Gasteiger partial charge in [0.15, 0.2) is 0 Å². The van der Waals surface area contributed by atoms with E-state index in [1.807, 2.05) is 30.3 Å². The second kappa shape index (κ2) is 5.23. The summed E-state index contributed by atoms with van der Waals surface area (Å²) in [7, 11) is 0. The molecule has 1 aromatic heterocycles. The van der Waals surface area contributed by atoms with Crippen LogP contribution in [-0.2, 0) is 6.54 Å². The summed E-state index contributed by atoms with van der Waals surface area (Å²) in [6.45, 7) is 3.89. The average Bonchev–Trinajstić information content (AvgIpc) is 2.86. The van der Waals surface area contributed by atoms with Crippen LogP contribution in [0.4, 0.5) is 0 Å². The molecule has 0 fully saturated rings. The summed E-state index contributed by atoms with van der Waals surface area (Å²) < 4.78 is 1.59. The largest absolute Gasteiger partial charge is 0.313 e. The second-order valence-corrected chi connectivity index (χ2v) is 3.57. The summed E-state index contributed by atoms with van der Waals surface area (Å²) in [5.41, 5.74) is 2.12. The zero-order valence-corrected chi connectivity index (χ0v) is 9.59. The summed E-state index contributed by atoms with van der Waals surface area (Å²) in [6.07, 6.45) is 1.54. The topological polar surface area (TPSA) is 66.5 Å². The van der Waals surface area contributed by atoms with Gasteiger partial charge >= 0.3 is 0 Å². The van der Waals surface area contributed by atoms with Crippen LogP contribution in [0.2, 0.25) is 0 Å². The van der Waals surface area contributed by atoms with Gasteiger partial charge in [0.05, 0.1) is 5.69 Å². The van der Waals surface area contributed by atoms with Crippen LogP contribution >= 0.6 is 0 Å². The number of nitriles is 1. The second-order valence-electron chi connectivity index (χ2n) is 3.57. The molecular formula is C12H13N5. The van der Waals surface area contributed by atoms with E-state index in [-0.39, 0.29) is 5.82 Å². The van der Waals surface area contributed by atoms with E-state index in [0.717, 1.165) is 18.8 Å². The minimum Gasteiger partial charge on any atom is -0.313 e. The van der Waals surface area contributed by atoms with Crippen molar-refractivity contribution in [1.29, 1.82) is 5.26 Å². The number of nitrogens with zero attached hydrogens (tertiary/aromatic N) is 4. The average molecular weight is 227 g/mol. The molecule has 0 atom stereocenters. The molecule has 0 aliphatic heterocycles. The Morgan fingerprint density at radius 3 is 2.71 bits per heavy atom. The summed E-state index contributed by atoms with van der Waals surface area (Å²) in [5.74, 6) is 0.182. The van der Waals surface area contributed by atoms with Crippen LogP contribution in [-0.4, -0.2) is 21.3 Å². The molecule has 0 aliphatic carbocycles. The standard InChI is InChI=1S/C12H13N5/c1-2-14-8-10-3-5-11(6-4-10)17-9-15-12(7-13)16-17/h3-6,9,14H,2,8H2,1H3. The fraction of sp³-hybridized carbons (Fsp3) is 0.250. The fourth-order valence-corrected chi connectivity index (χ4v) is 1.47. The van der Waals surface area contributed by atoms with Gasteiger partial charge in [-0.15, -0.1) is 5.10 Å². The van der Waals surface area contributed by atoms with Crippen LogP contribution in [0.25, 0.3) is 5.69 Å². The minimum atomic E-state index is 0.182. The van der Waals surface area contributed by atoms with Crippen LogP contribution < -0.4 is 5.32 Å². The SMILES string of the molecule is CCNCc1ccc(-n2cnc(C#N)n2)cc1. The number of hydrogen-bond acceptors (Lipinski definition) is 4. The molecule has 2 rings (SSSR count). The van der Waals surface area contributed by atoms with E-state index < -0.39 is 0 Å². The molecule has 17 heavy (non-hydrogen) atoms. The number of aromatic nitrogens is 3. The molecular weight excluding hydrogens is 214 g/mol. The van der Waals surface area contributed by atoms with E-state index in [1.165, 1.54) is 11.9 Å². The van der Waals surface area contributed by atoms with Gasteiger partial charge in [0, 0.05) is 6.54 Å². The zero-order chi connectivity index (χ0) is 12.1. The highest BCUT2D eigenvalue weighted by atomic mass is 15.3. The molecule has 0 aliphatic rings. The lowest BCUT2D eigenvalue weighted by Gasteiger charge is -2.04. The van der Waals surface area contributed by atoms with Gasteiger partial charge in [-0.2, -0.15) is 5.26 Å². The van der Waals surface area contributed by atoms with E-state index in [4.69, 9.17) is 5.26 Å². The third-order valence-corrected chi connectivity index (χ3v) is 2.37. The van der Waals surface area contributed by atoms with E-state index in [0.29, 0.717) is 0 Å². The third kappa shape index (κ3) is 2.68. The molecule has 5 nitrogen and oxygen atoms in total. The lowest BCUT2D eigenvalue weighted by atomic mass is 10.2. The molecule has 1 aromatic carbocycles. The summed E-state index contributed by atoms with van der Waals surface area (Å²) in [5, 5.41) is 15.9. The summed E-state index contributed by atoms with van der Waals surface area (Å²) in [4.78, 5) is 3.86. The number of rotatable bonds is 4. The summed E-state index contributed by atoms with van der Waals surface area (Å²) in [6, 6.07) is 9.89. The van der Waals surface area contributed by atoms with Crippen molar-refractivity contribution in [1.82, 2.24) is 20.1 Å². The van der Waals surface area contributed by atoms with Crippen molar-refractivity contribution < 1.29 is 0 Å². The van der Waals surface area contributed by atoms with E-state index >= 15 is 0 Å². The smallest absolute Gasteiger partial charge is 0.252 e. The number of hydrogen-bond donors (Lipinski definition) is 1. The Hall–Kier alpha value is -2.19. The molecule has 0 bridgehead atoms. The maximum absolute atomic E-state index is 8.64. The fourth-order valence-electron chi connectivity index (χ4n) is 1.47. The molecule has 5 heteroatoms. The predicted octanol–water partition coefficient (Wildman–Crippen LogP) is 1.25. The Morgan fingerprint density at radius 2 is 2.12 bits per heavy atom. The molecule has 0 radical (unpaired) electrons. The maximum atomic E-state index is 8.64. The Bertz CT molecular complexity index is 521. The highest BCUT2D eigenvalue weighted by molar-refractivity contribution is 5.33. The lowest BCUT2D eigenvalue weighted by molar-refractivity contribution is 0.726. The van der Waals surface area contributed by atoms with Gasteiger partial charge in [0.1, 0.15) is 12.4 Å². The van der Waals surface area contributed by atoms with Crippen molar-refractivity contribution in [2.24, 2.45) is 0 Å². The maximum Gasteiger partial charge on any atom is 0.252 e. The highest BCUT2D eigenvalue weighted by Gasteiger charge is 2.01. The van der Waals surface area contributed by atoms with Crippen LogP contribution in [0.1, 0.15) is 18.3 Å². The first-order valence-corrected chi connectivity index (χ1v) is 5.45. The molecule has 1 heterocycles. The monoisotopic (exact) mass is 227 g/mol. The summed E-state index contributed by atoms with van der Waals surface area (Å²) >= 11 is 0. The van der Waals surface area contributed by atoms with Crippen molar-refractivity contribution in [2.75, 3.05) is 6.54 Å². The normalized spacial score (nSPS) is 10.1. The number of nitrogens with one attached hydrogen (secondary N) is 1. The minimum absolute atomic E-state index is 0.182. The van der Waals surface area contributed by atoms with Gasteiger partial charge in [0.25, 0.3) is 5.82 Å².